The fourth-order valence-electron chi connectivity index (χ4n) is 1.95. The molecule has 2 rings (SSSR count). The van der Waals surface area contributed by atoms with Gasteiger partial charge in [-0.05, 0) is 30.4 Å². The highest BCUT2D eigenvalue weighted by Crippen LogP contribution is 2.40. The van der Waals surface area contributed by atoms with Crippen LogP contribution in [0.5, 0.6) is 0 Å². The second kappa shape index (κ2) is 4.20. The zero-order valence-electron chi connectivity index (χ0n) is 9.64. The summed E-state index contributed by atoms with van der Waals surface area (Å²) >= 11 is 0. The van der Waals surface area contributed by atoms with Gasteiger partial charge in [-0.3, -0.25) is 0 Å². The third-order valence-corrected chi connectivity index (χ3v) is 3.30. The van der Waals surface area contributed by atoms with Crippen molar-refractivity contribution in [3.8, 4) is 0 Å². The van der Waals surface area contributed by atoms with Crippen LogP contribution in [-0.2, 0) is 6.18 Å². The zero-order valence-corrected chi connectivity index (χ0v) is 9.64. The van der Waals surface area contributed by atoms with Crippen molar-refractivity contribution in [2.75, 3.05) is 11.9 Å². The minimum absolute atomic E-state index is 0.218. The highest BCUT2D eigenvalue weighted by Gasteiger charge is 2.33. The number of alkyl halides is 3. The first-order chi connectivity index (χ1) is 7.89. The topological polar surface area (TPSA) is 24.9 Å². The largest absolute Gasteiger partial charge is 0.433 e. The molecule has 1 aromatic heterocycles. The molecule has 0 aliphatic heterocycles. The number of hydrogen-bond donors (Lipinski definition) is 1. The zero-order chi connectivity index (χ0) is 12.5. The van der Waals surface area contributed by atoms with Gasteiger partial charge in [0.2, 0.25) is 0 Å². The maximum absolute atomic E-state index is 12.4. The molecule has 1 heterocycles. The molecule has 1 aromatic rings. The molecule has 0 radical (unpaired) electrons. The van der Waals surface area contributed by atoms with Crippen LogP contribution in [-0.4, -0.2) is 11.5 Å². The molecule has 1 aliphatic carbocycles. The quantitative estimate of drug-likeness (QED) is 0.876. The van der Waals surface area contributed by atoms with E-state index in [0.29, 0.717) is 12.4 Å². The van der Waals surface area contributed by atoms with E-state index < -0.39 is 11.9 Å². The molecule has 5 heteroatoms. The molecule has 0 aromatic carbocycles. The molecular weight excluding hydrogens is 229 g/mol. The normalized spacial score (nSPS) is 18.6. The maximum Gasteiger partial charge on any atom is 0.433 e. The van der Waals surface area contributed by atoms with E-state index in [1.165, 1.54) is 12.5 Å². The summed E-state index contributed by atoms with van der Waals surface area (Å²) in [6.07, 6.45) is -0.926. The highest BCUT2D eigenvalue weighted by atomic mass is 19.4. The lowest BCUT2D eigenvalue weighted by Crippen LogP contribution is -2.33. The lowest BCUT2D eigenvalue weighted by molar-refractivity contribution is -0.141. The predicted octanol–water partition coefficient (Wildman–Crippen LogP) is 3.70. The third-order valence-electron chi connectivity index (χ3n) is 3.30. The number of pyridine rings is 1. The molecule has 1 saturated carbocycles. The number of rotatable bonds is 3. The van der Waals surface area contributed by atoms with Gasteiger partial charge in [-0.25, -0.2) is 4.98 Å². The molecule has 17 heavy (non-hydrogen) atoms. The van der Waals surface area contributed by atoms with Crippen molar-refractivity contribution in [1.82, 2.24) is 4.98 Å². The Morgan fingerprint density at radius 2 is 2.06 bits per heavy atom. The van der Waals surface area contributed by atoms with Crippen molar-refractivity contribution in [1.29, 1.82) is 0 Å². The van der Waals surface area contributed by atoms with E-state index in [0.717, 1.165) is 18.9 Å². The molecule has 1 aliphatic rings. The van der Waals surface area contributed by atoms with Gasteiger partial charge in [0.25, 0.3) is 0 Å². The number of nitrogens with zero attached hydrogens (tertiary/aromatic N) is 1. The lowest BCUT2D eigenvalue weighted by atomic mass is 9.70. The van der Waals surface area contributed by atoms with Crippen molar-refractivity contribution >= 4 is 5.82 Å². The summed E-state index contributed by atoms with van der Waals surface area (Å²) in [5, 5.41) is 2.99. The van der Waals surface area contributed by atoms with E-state index in [-0.39, 0.29) is 5.41 Å². The van der Waals surface area contributed by atoms with Crippen molar-refractivity contribution < 1.29 is 13.2 Å². The van der Waals surface area contributed by atoms with E-state index in [2.05, 4.69) is 17.2 Å². The second-order valence-corrected chi connectivity index (χ2v) is 4.92. The summed E-state index contributed by atoms with van der Waals surface area (Å²) in [4.78, 5) is 3.57. The van der Waals surface area contributed by atoms with Crippen LogP contribution in [0.3, 0.4) is 0 Å². The van der Waals surface area contributed by atoms with Crippen LogP contribution in [0.2, 0.25) is 0 Å². The SMILES string of the molecule is CC1(CNc2cccc(C(F)(F)F)n2)CCC1. The summed E-state index contributed by atoms with van der Waals surface area (Å²) in [6, 6.07) is 3.93. The minimum Gasteiger partial charge on any atom is -0.370 e. The fourth-order valence-corrected chi connectivity index (χ4v) is 1.95. The summed E-state index contributed by atoms with van der Waals surface area (Å²) in [7, 11) is 0. The van der Waals surface area contributed by atoms with Crippen molar-refractivity contribution in [3.05, 3.63) is 23.9 Å². The average molecular weight is 244 g/mol. The Bertz CT molecular complexity index is 397. The molecule has 1 fully saturated rings. The van der Waals surface area contributed by atoms with E-state index in [1.54, 1.807) is 6.07 Å². The molecule has 1 N–H and O–H groups in total. The van der Waals surface area contributed by atoms with Crippen molar-refractivity contribution in [2.45, 2.75) is 32.4 Å². The predicted molar refractivity (Wildman–Crippen MR) is 59.7 cm³/mol. The molecule has 94 valence electrons. The first kappa shape index (κ1) is 12.2. The molecular formula is C12H15F3N2. The molecule has 0 bridgehead atoms. The van der Waals surface area contributed by atoms with Gasteiger partial charge in [-0.1, -0.05) is 19.4 Å². The first-order valence-corrected chi connectivity index (χ1v) is 5.67. The number of halogens is 3. The van der Waals surface area contributed by atoms with Gasteiger partial charge >= 0.3 is 6.18 Å². The van der Waals surface area contributed by atoms with Gasteiger partial charge in [0.05, 0.1) is 0 Å². The number of hydrogen-bond acceptors (Lipinski definition) is 2. The number of aromatic nitrogens is 1. The van der Waals surface area contributed by atoms with E-state index >= 15 is 0 Å². The van der Waals surface area contributed by atoms with Crippen molar-refractivity contribution in [2.24, 2.45) is 5.41 Å². The van der Waals surface area contributed by atoms with Gasteiger partial charge < -0.3 is 5.32 Å². The molecule has 0 unspecified atom stereocenters. The maximum atomic E-state index is 12.4. The Morgan fingerprint density at radius 3 is 2.59 bits per heavy atom. The molecule has 0 atom stereocenters. The van der Waals surface area contributed by atoms with Crippen LogP contribution >= 0.6 is 0 Å². The Morgan fingerprint density at radius 1 is 1.35 bits per heavy atom. The van der Waals surface area contributed by atoms with Crippen LogP contribution < -0.4 is 5.32 Å². The molecule has 0 spiro atoms. The van der Waals surface area contributed by atoms with Gasteiger partial charge in [0, 0.05) is 6.54 Å². The van der Waals surface area contributed by atoms with Gasteiger partial charge in [-0.2, -0.15) is 13.2 Å². The van der Waals surface area contributed by atoms with E-state index in [1.807, 2.05) is 0 Å². The number of nitrogens with one attached hydrogen (secondary N) is 1. The Hall–Kier alpha value is -1.26. The Kier molecular flexibility index (Phi) is 3.02. The van der Waals surface area contributed by atoms with Crippen LogP contribution in [0.25, 0.3) is 0 Å². The first-order valence-electron chi connectivity index (χ1n) is 5.67. The Labute approximate surface area is 98.2 Å². The standard InChI is InChI=1S/C12H15F3N2/c1-11(6-3-7-11)8-16-10-5-2-4-9(17-10)12(13,14)15/h2,4-5H,3,6-8H2,1H3,(H,16,17). The van der Waals surface area contributed by atoms with Gasteiger partial charge in [0.1, 0.15) is 11.5 Å². The second-order valence-electron chi connectivity index (χ2n) is 4.92. The summed E-state index contributed by atoms with van der Waals surface area (Å²) < 4.78 is 37.3. The Balaban J connectivity index is 2.01. The van der Waals surface area contributed by atoms with Crippen LogP contribution in [0, 0.1) is 5.41 Å². The summed E-state index contributed by atoms with van der Waals surface area (Å²) in [6.45, 7) is 2.82. The van der Waals surface area contributed by atoms with Gasteiger partial charge in [0.15, 0.2) is 0 Å². The van der Waals surface area contributed by atoms with Crippen LogP contribution in [0.15, 0.2) is 18.2 Å². The monoisotopic (exact) mass is 244 g/mol. The molecule has 0 amide bonds. The van der Waals surface area contributed by atoms with E-state index in [4.69, 9.17) is 0 Å². The van der Waals surface area contributed by atoms with Crippen LogP contribution in [0.1, 0.15) is 31.9 Å². The highest BCUT2D eigenvalue weighted by molar-refractivity contribution is 5.36. The molecule has 2 nitrogen and oxygen atoms in total. The number of anilines is 1. The summed E-state index contributed by atoms with van der Waals surface area (Å²) in [5.74, 6) is 0.299. The molecule has 0 saturated heterocycles. The third kappa shape index (κ3) is 2.90. The van der Waals surface area contributed by atoms with Crippen LogP contribution in [0.4, 0.5) is 19.0 Å². The average Bonchev–Trinajstić information content (AvgIpc) is 2.23. The van der Waals surface area contributed by atoms with Crippen molar-refractivity contribution in [3.63, 3.8) is 0 Å². The summed E-state index contributed by atoms with van der Waals surface area (Å²) in [5.41, 5.74) is -0.628. The smallest absolute Gasteiger partial charge is 0.370 e. The lowest BCUT2D eigenvalue weighted by Gasteiger charge is -2.38. The van der Waals surface area contributed by atoms with Gasteiger partial charge in [-0.15, -0.1) is 0 Å². The fraction of sp³-hybridized carbons (Fsp3) is 0.583. The van der Waals surface area contributed by atoms with E-state index in [9.17, 15) is 13.2 Å². The minimum atomic E-state index is -4.38.